The van der Waals surface area contributed by atoms with E-state index < -0.39 is 0 Å². The van der Waals surface area contributed by atoms with Gasteiger partial charge in [-0.15, -0.1) is 11.3 Å². The molecule has 0 radical (unpaired) electrons. The summed E-state index contributed by atoms with van der Waals surface area (Å²) in [5.74, 6) is 0.981. The minimum atomic E-state index is -0.197. The summed E-state index contributed by atoms with van der Waals surface area (Å²) in [4.78, 5) is 31.2. The number of thiophene rings is 1. The molecule has 0 unspecified atom stereocenters. The van der Waals surface area contributed by atoms with E-state index in [1.165, 1.54) is 4.88 Å². The van der Waals surface area contributed by atoms with Crippen LogP contribution in [-0.4, -0.2) is 54.0 Å². The van der Waals surface area contributed by atoms with Gasteiger partial charge in [0.1, 0.15) is 18.9 Å². The van der Waals surface area contributed by atoms with Crippen LogP contribution in [0.4, 0.5) is 4.79 Å². The predicted molar refractivity (Wildman–Crippen MR) is 139 cm³/mol. The van der Waals surface area contributed by atoms with E-state index in [2.05, 4.69) is 30.6 Å². The average Bonchev–Trinajstić information content (AvgIpc) is 3.27. The fourth-order valence-electron chi connectivity index (χ4n) is 4.07. The molecule has 0 spiro atoms. The number of rotatable bonds is 9. The van der Waals surface area contributed by atoms with Gasteiger partial charge in [0.05, 0.1) is 6.04 Å². The Morgan fingerprint density at radius 3 is 2.74 bits per heavy atom. The number of aryl methyl sites for hydroxylation is 1. The molecule has 0 aliphatic carbocycles. The van der Waals surface area contributed by atoms with Crippen LogP contribution in [-0.2, 0) is 11.2 Å². The highest BCUT2D eigenvalue weighted by molar-refractivity contribution is 7.10. The minimum Gasteiger partial charge on any atom is -0.491 e. The first-order valence-electron chi connectivity index (χ1n) is 12.0. The maximum absolute atomic E-state index is 13.6. The van der Waals surface area contributed by atoms with Gasteiger partial charge in [0.15, 0.2) is 0 Å². The van der Waals surface area contributed by atoms with Crippen molar-refractivity contribution >= 4 is 34.9 Å². The Labute approximate surface area is 212 Å². The van der Waals surface area contributed by atoms with Crippen LogP contribution in [0.3, 0.4) is 0 Å². The van der Waals surface area contributed by atoms with Crippen LogP contribution < -0.4 is 10.1 Å². The topological polar surface area (TPSA) is 61.9 Å². The predicted octanol–water partition coefficient (Wildman–Crippen LogP) is 5.68. The van der Waals surface area contributed by atoms with E-state index in [0.29, 0.717) is 30.6 Å². The third-order valence-corrected chi connectivity index (χ3v) is 7.63. The van der Waals surface area contributed by atoms with E-state index in [9.17, 15) is 9.59 Å². The number of amides is 3. The normalized spacial score (nSPS) is 16.2. The van der Waals surface area contributed by atoms with Crippen molar-refractivity contribution in [2.45, 2.75) is 59.5 Å². The highest BCUT2D eigenvalue weighted by atomic mass is 35.5. The summed E-state index contributed by atoms with van der Waals surface area (Å²) in [5.41, 5.74) is 2.08. The smallest absolute Gasteiger partial charge is 0.318 e. The minimum absolute atomic E-state index is 0.00867. The number of hydrogen-bond donors (Lipinski definition) is 1. The van der Waals surface area contributed by atoms with E-state index in [-0.39, 0.29) is 30.6 Å². The lowest BCUT2D eigenvalue weighted by molar-refractivity contribution is -0.135. The lowest BCUT2D eigenvalue weighted by atomic mass is 10.00. The van der Waals surface area contributed by atoms with Gasteiger partial charge >= 0.3 is 6.03 Å². The summed E-state index contributed by atoms with van der Waals surface area (Å²) in [5, 5.41) is 5.71. The SMILES string of the molecule is CC[C@@H](C)CN(CC(=O)N1CCc2sccc2[C@H]1COc1ccc(Cl)c(C)c1)C(=O)NC(C)C. The molecule has 6 nitrogen and oxygen atoms in total. The molecule has 0 fully saturated rings. The summed E-state index contributed by atoms with van der Waals surface area (Å²) in [7, 11) is 0. The molecule has 8 heteroatoms. The van der Waals surface area contributed by atoms with Crippen molar-refractivity contribution in [1.29, 1.82) is 0 Å². The number of carbonyl (C=O) groups excluding carboxylic acids is 2. The Hall–Kier alpha value is -2.25. The van der Waals surface area contributed by atoms with Gasteiger partial charge < -0.3 is 19.9 Å². The monoisotopic (exact) mass is 505 g/mol. The van der Waals surface area contributed by atoms with Crippen molar-refractivity contribution in [2.75, 3.05) is 26.2 Å². The Kier molecular flexibility index (Phi) is 9.25. The van der Waals surface area contributed by atoms with Crippen LogP contribution in [0.2, 0.25) is 5.02 Å². The van der Waals surface area contributed by atoms with E-state index in [1.807, 2.05) is 43.9 Å². The van der Waals surface area contributed by atoms with Crippen LogP contribution in [0.5, 0.6) is 5.75 Å². The number of urea groups is 1. The molecule has 1 aliphatic heterocycles. The Balaban J connectivity index is 1.77. The van der Waals surface area contributed by atoms with Crippen molar-refractivity contribution in [3.63, 3.8) is 0 Å². The van der Waals surface area contributed by atoms with E-state index in [1.54, 1.807) is 16.2 Å². The molecule has 0 bridgehead atoms. The van der Waals surface area contributed by atoms with Gasteiger partial charge in [-0.2, -0.15) is 0 Å². The first-order chi connectivity index (χ1) is 16.2. The molecule has 0 saturated carbocycles. The third-order valence-electron chi connectivity index (χ3n) is 6.21. The Morgan fingerprint density at radius 1 is 1.29 bits per heavy atom. The van der Waals surface area contributed by atoms with Gasteiger partial charge in [0.25, 0.3) is 0 Å². The number of fused-ring (bicyclic) bond motifs is 1. The van der Waals surface area contributed by atoms with Gasteiger partial charge in [0.2, 0.25) is 5.91 Å². The standard InChI is InChI=1S/C26H36ClN3O3S/c1-6-18(4)14-29(26(32)28-17(2)3)15-25(31)30-11-9-24-21(10-12-34-24)23(30)16-33-20-7-8-22(27)19(5)13-20/h7-8,10,12-13,17-18,23H,6,9,11,14-16H2,1-5H3,(H,28,32)/t18-,23-/m1/s1. The summed E-state index contributed by atoms with van der Waals surface area (Å²) < 4.78 is 6.13. The van der Waals surface area contributed by atoms with Crippen LogP contribution in [0.25, 0.3) is 0 Å². The molecule has 3 amide bonds. The highest BCUT2D eigenvalue weighted by Gasteiger charge is 2.33. The van der Waals surface area contributed by atoms with Crippen molar-refractivity contribution < 1.29 is 14.3 Å². The van der Waals surface area contributed by atoms with Crippen molar-refractivity contribution in [3.8, 4) is 5.75 Å². The molecular weight excluding hydrogens is 470 g/mol. The van der Waals surface area contributed by atoms with Crippen molar-refractivity contribution in [1.82, 2.24) is 15.1 Å². The molecule has 1 aromatic carbocycles. The van der Waals surface area contributed by atoms with Gasteiger partial charge in [-0.25, -0.2) is 4.79 Å². The zero-order valence-electron chi connectivity index (χ0n) is 20.8. The van der Waals surface area contributed by atoms with E-state index >= 15 is 0 Å². The number of benzene rings is 1. The first kappa shape index (κ1) is 26.4. The molecule has 1 aromatic heterocycles. The Bertz CT molecular complexity index is 993. The third kappa shape index (κ3) is 6.66. The number of carbonyl (C=O) groups is 2. The molecular formula is C26H36ClN3O3S. The molecule has 2 aromatic rings. The summed E-state index contributed by atoms with van der Waals surface area (Å²) in [6.45, 7) is 11.6. The molecule has 1 aliphatic rings. The second-order valence-corrected chi connectivity index (χ2v) is 10.8. The molecule has 34 heavy (non-hydrogen) atoms. The van der Waals surface area contributed by atoms with Crippen LogP contribution in [0, 0.1) is 12.8 Å². The molecule has 186 valence electrons. The second-order valence-electron chi connectivity index (χ2n) is 9.37. The summed E-state index contributed by atoms with van der Waals surface area (Å²) in [6.07, 6.45) is 1.76. The fraction of sp³-hybridized carbons (Fsp3) is 0.538. The molecule has 1 N–H and O–H groups in total. The van der Waals surface area contributed by atoms with Gasteiger partial charge in [-0.05, 0) is 73.9 Å². The lowest BCUT2D eigenvalue weighted by Gasteiger charge is -2.37. The number of nitrogens with zero attached hydrogens (tertiary/aromatic N) is 2. The first-order valence-corrected chi connectivity index (χ1v) is 13.2. The molecule has 0 saturated heterocycles. The van der Waals surface area contributed by atoms with Crippen molar-refractivity contribution in [3.05, 3.63) is 50.7 Å². The summed E-state index contributed by atoms with van der Waals surface area (Å²) >= 11 is 7.87. The largest absolute Gasteiger partial charge is 0.491 e. The van der Waals surface area contributed by atoms with E-state index in [0.717, 1.165) is 29.7 Å². The van der Waals surface area contributed by atoms with Crippen LogP contribution >= 0.6 is 22.9 Å². The molecule has 2 atom stereocenters. The van der Waals surface area contributed by atoms with Crippen LogP contribution in [0.15, 0.2) is 29.6 Å². The maximum atomic E-state index is 13.6. The zero-order valence-corrected chi connectivity index (χ0v) is 22.3. The lowest BCUT2D eigenvalue weighted by Crippen LogP contribution is -2.51. The quantitative estimate of drug-likeness (QED) is 0.476. The van der Waals surface area contributed by atoms with Gasteiger partial charge in [0, 0.05) is 29.0 Å². The van der Waals surface area contributed by atoms with E-state index in [4.69, 9.17) is 16.3 Å². The van der Waals surface area contributed by atoms with Crippen molar-refractivity contribution in [2.24, 2.45) is 5.92 Å². The maximum Gasteiger partial charge on any atom is 0.318 e. The van der Waals surface area contributed by atoms with Crippen LogP contribution in [0.1, 0.15) is 56.2 Å². The number of nitrogens with one attached hydrogen (secondary N) is 1. The van der Waals surface area contributed by atoms with Gasteiger partial charge in [-0.3, -0.25) is 4.79 Å². The second kappa shape index (κ2) is 11.9. The molecule has 2 heterocycles. The highest BCUT2D eigenvalue weighted by Crippen LogP contribution is 2.34. The average molecular weight is 506 g/mol. The fourth-order valence-corrected chi connectivity index (χ4v) is 5.12. The van der Waals surface area contributed by atoms with Gasteiger partial charge in [-0.1, -0.05) is 31.9 Å². The Morgan fingerprint density at radius 2 is 2.06 bits per heavy atom. The molecule has 3 rings (SSSR count). The summed E-state index contributed by atoms with van der Waals surface area (Å²) in [6, 6.07) is 7.29. The zero-order chi connectivity index (χ0) is 24.8. The number of hydrogen-bond acceptors (Lipinski definition) is 4. The number of ether oxygens (including phenoxy) is 1. The number of halogens is 1.